The smallest absolute Gasteiger partial charge is 0.324 e. The molecule has 0 aliphatic carbocycles. The van der Waals surface area contributed by atoms with Crippen molar-refractivity contribution >= 4 is 21.3 Å². The van der Waals surface area contributed by atoms with E-state index in [9.17, 15) is 9.13 Å². The molecule has 0 fully saturated rings. The molecule has 0 aromatic heterocycles. The van der Waals surface area contributed by atoms with Gasteiger partial charge in [-0.1, -0.05) is 48.8 Å². The van der Waals surface area contributed by atoms with Gasteiger partial charge in [-0.2, -0.15) is 0 Å². The third kappa shape index (κ3) is 7.89. The molecule has 0 bridgehead atoms. The van der Waals surface area contributed by atoms with Crippen LogP contribution in [0.2, 0.25) is 0 Å². The molecule has 0 amide bonds. The molecule has 0 heterocycles. The standard InChI is InChI=1S/C16H26O6P2/c1-13(2)12-15-10-8-14(9-11-15)6-4-3-5-7-16(23(17,18)19)24(20,21)22/h8-12,16H,3-7H2,1-2H3,(H2,17,18,19)(H2,20,21,22). The summed E-state index contributed by atoms with van der Waals surface area (Å²) in [4.78, 5) is 36.2. The van der Waals surface area contributed by atoms with Gasteiger partial charge in [0.25, 0.3) is 0 Å². The third-order valence-electron chi connectivity index (χ3n) is 3.64. The van der Waals surface area contributed by atoms with Gasteiger partial charge < -0.3 is 19.6 Å². The van der Waals surface area contributed by atoms with Gasteiger partial charge in [-0.3, -0.25) is 9.13 Å². The maximum absolute atomic E-state index is 11.2. The molecule has 0 aliphatic heterocycles. The van der Waals surface area contributed by atoms with Gasteiger partial charge >= 0.3 is 15.2 Å². The van der Waals surface area contributed by atoms with E-state index in [2.05, 4.69) is 6.08 Å². The highest BCUT2D eigenvalue weighted by Crippen LogP contribution is 2.61. The van der Waals surface area contributed by atoms with Crippen LogP contribution in [0.25, 0.3) is 6.08 Å². The van der Waals surface area contributed by atoms with Gasteiger partial charge in [0.1, 0.15) is 0 Å². The highest BCUT2D eigenvalue weighted by atomic mass is 31.2. The van der Waals surface area contributed by atoms with Crippen molar-refractivity contribution in [2.75, 3.05) is 0 Å². The number of benzene rings is 1. The van der Waals surface area contributed by atoms with E-state index in [0.717, 1.165) is 18.4 Å². The fraction of sp³-hybridized carbons (Fsp3) is 0.500. The van der Waals surface area contributed by atoms with Crippen LogP contribution >= 0.6 is 15.2 Å². The second-order valence-electron chi connectivity index (χ2n) is 6.22. The van der Waals surface area contributed by atoms with Crippen LogP contribution in [-0.4, -0.2) is 25.0 Å². The Morgan fingerprint density at radius 1 is 0.958 bits per heavy atom. The van der Waals surface area contributed by atoms with Crippen LogP contribution < -0.4 is 0 Å². The van der Waals surface area contributed by atoms with E-state index in [-0.39, 0.29) is 6.42 Å². The normalized spacial score (nSPS) is 12.5. The summed E-state index contributed by atoms with van der Waals surface area (Å²) in [5.74, 6) is 0. The van der Waals surface area contributed by atoms with Gasteiger partial charge in [0.15, 0.2) is 5.40 Å². The van der Waals surface area contributed by atoms with Crippen LogP contribution in [0.3, 0.4) is 0 Å². The van der Waals surface area contributed by atoms with Gasteiger partial charge in [-0.05, 0) is 44.2 Å². The highest BCUT2D eigenvalue weighted by molar-refractivity contribution is 7.70. The minimum Gasteiger partial charge on any atom is -0.324 e. The number of allylic oxidation sites excluding steroid dienone is 1. The first-order chi connectivity index (χ1) is 11.0. The molecule has 0 saturated carbocycles. The fourth-order valence-electron chi connectivity index (χ4n) is 2.48. The molecule has 8 heteroatoms. The van der Waals surface area contributed by atoms with Gasteiger partial charge in [0.2, 0.25) is 0 Å². The van der Waals surface area contributed by atoms with Crippen LogP contribution in [0.15, 0.2) is 29.8 Å². The second-order valence-corrected chi connectivity index (χ2v) is 10.2. The predicted octanol–water partition coefficient (Wildman–Crippen LogP) is 3.89. The minimum absolute atomic E-state index is 0.173. The molecule has 0 atom stereocenters. The first-order valence-corrected chi connectivity index (χ1v) is 11.2. The molecule has 4 N–H and O–H groups in total. The van der Waals surface area contributed by atoms with Crippen molar-refractivity contribution in [1.29, 1.82) is 0 Å². The van der Waals surface area contributed by atoms with E-state index in [1.807, 2.05) is 38.1 Å². The van der Waals surface area contributed by atoms with Crippen molar-refractivity contribution in [3.8, 4) is 0 Å². The molecule has 0 spiro atoms. The first-order valence-electron chi connectivity index (χ1n) is 7.84. The maximum atomic E-state index is 11.2. The van der Waals surface area contributed by atoms with Gasteiger partial charge in [-0.15, -0.1) is 0 Å². The Labute approximate surface area is 142 Å². The molecule has 1 aromatic rings. The fourth-order valence-corrected chi connectivity index (χ4v) is 5.08. The molecule has 1 rings (SSSR count). The number of rotatable bonds is 9. The van der Waals surface area contributed by atoms with Crippen molar-refractivity contribution in [2.45, 2.75) is 51.4 Å². The lowest BCUT2D eigenvalue weighted by Gasteiger charge is -2.19. The zero-order valence-corrected chi connectivity index (χ0v) is 15.8. The molecule has 6 nitrogen and oxygen atoms in total. The van der Waals surface area contributed by atoms with Crippen molar-refractivity contribution < 1.29 is 28.7 Å². The summed E-state index contributed by atoms with van der Waals surface area (Å²) in [6.07, 6.45) is 4.58. The average Bonchev–Trinajstić information content (AvgIpc) is 2.41. The Balaban J connectivity index is 2.42. The molecule has 1 aromatic carbocycles. The maximum Gasteiger partial charge on any atom is 0.340 e. The van der Waals surface area contributed by atoms with E-state index in [4.69, 9.17) is 19.6 Å². The highest BCUT2D eigenvalue weighted by Gasteiger charge is 2.42. The van der Waals surface area contributed by atoms with E-state index in [1.165, 1.54) is 11.1 Å². The lowest BCUT2D eigenvalue weighted by Crippen LogP contribution is -2.09. The quantitative estimate of drug-likeness (QED) is 0.384. The molecule has 0 aliphatic rings. The van der Waals surface area contributed by atoms with Crippen molar-refractivity contribution in [3.63, 3.8) is 0 Å². The van der Waals surface area contributed by atoms with E-state index < -0.39 is 20.6 Å². The number of unbranched alkanes of at least 4 members (excludes halogenated alkanes) is 2. The lowest BCUT2D eigenvalue weighted by molar-refractivity contribution is 0.333. The van der Waals surface area contributed by atoms with Crippen molar-refractivity contribution in [3.05, 3.63) is 41.0 Å². The van der Waals surface area contributed by atoms with Gasteiger partial charge in [0.05, 0.1) is 0 Å². The van der Waals surface area contributed by atoms with E-state index in [0.29, 0.717) is 12.8 Å². The van der Waals surface area contributed by atoms with Crippen LogP contribution in [0.1, 0.15) is 50.7 Å². The van der Waals surface area contributed by atoms with E-state index in [1.54, 1.807) is 0 Å². The largest absolute Gasteiger partial charge is 0.340 e. The van der Waals surface area contributed by atoms with Crippen molar-refractivity contribution in [1.82, 2.24) is 0 Å². The summed E-state index contributed by atoms with van der Waals surface area (Å²) >= 11 is 0. The third-order valence-corrected chi connectivity index (χ3v) is 7.51. The molecule has 136 valence electrons. The Morgan fingerprint density at radius 2 is 1.50 bits per heavy atom. The second kappa shape index (κ2) is 9.10. The minimum atomic E-state index is -4.79. The molecular formula is C16H26O6P2. The summed E-state index contributed by atoms with van der Waals surface area (Å²) in [6, 6.07) is 8.17. The topological polar surface area (TPSA) is 115 Å². The lowest BCUT2D eigenvalue weighted by atomic mass is 10.0. The molecule has 0 saturated heterocycles. The number of aryl methyl sites for hydroxylation is 1. The predicted molar refractivity (Wildman–Crippen MR) is 95.8 cm³/mol. The zero-order chi connectivity index (χ0) is 18.4. The zero-order valence-electron chi connectivity index (χ0n) is 14.0. The Morgan fingerprint density at radius 3 is 1.96 bits per heavy atom. The SMILES string of the molecule is CC(C)=Cc1ccc(CCCCCC(P(=O)(O)O)P(=O)(O)O)cc1. The Bertz CT molecular complexity index is 615. The summed E-state index contributed by atoms with van der Waals surface area (Å²) in [5.41, 5.74) is 3.54. The molecule has 24 heavy (non-hydrogen) atoms. The Hall–Kier alpha value is -0.740. The summed E-state index contributed by atoms with van der Waals surface area (Å²) in [7, 11) is -9.58. The molecule has 0 unspecified atom stereocenters. The van der Waals surface area contributed by atoms with Crippen LogP contribution in [0, 0.1) is 0 Å². The molecular weight excluding hydrogens is 350 g/mol. The number of hydrogen-bond acceptors (Lipinski definition) is 2. The average molecular weight is 376 g/mol. The first kappa shape index (κ1) is 21.3. The van der Waals surface area contributed by atoms with E-state index >= 15 is 0 Å². The molecule has 0 radical (unpaired) electrons. The summed E-state index contributed by atoms with van der Waals surface area (Å²) in [5, 5.41) is -1.88. The summed E-state index contributed by atoms with van der Waals surface area (Å²) < 4.78 is 22.3. The van der Waals surface area contributed by atoms with Crippen LogP contribution in [-0.2, 0) is 15.6 Å². The number of hydrogen-bond donors (Lipinski definition) is 4. The van der Waals surface area contributed by atoms with Crippen molar-refractivity contribution in [2.24, 2.45) is 0 Å². The monoisotopic (exact) mass is 376 g/mol. The van der Waals surface area contributed by atoms with Gasteiger partial charge in [-0.25, -0.2) is 0 Å². The summed E-state index contributed by atoms with van der Waals surface area (Å²) in [6.45, 7) is 4.08. The van der Waals surface area contributed by atoms with Crippen LogP contribution in [0.4, 0.5) is 0 Å². The Kier molecular flexibility index (Phi) is 8.07. The van der Waals surface area contributed by atoms with Crippen LogP contribution in [0.5, 0.6) is 0 Å². The van der Waals surface area contributed by atoms with Gasteiger partial charge in [0, 0.05) is 0 Å².